The van der Waals surface area contributed by atoms with Crippen LogP contribution in [-0.2, 0) is 17.8 Å². The van der Waals surface area contributed by atoms with E-state index in [1.165, 1.54) is 12.1 Å². The lowest BCUT2D eigenvalue weighted by molar-refractivity contribution is 0.0472. The number of fused-ring (bicyclic) bond motifs is 1. The summed E-state index contributed by atoms with van der Waals surface area (Å²) in [6, 6.07) is 18.5. The molecule has 1 aromatic heterocycles. The van der Waals surface area contributed by atoms with Gasteiger partial charge in [0, 0.05) is 23.6 Å². The fourth-order valence-electron chi connectivity index (χ4n) is 3.46. The lowest BCUT2D eigenvalue weighted by Gasteiger charge is -2.10. The molecule has 0 aliphatic rings. The monoisotopic (exact) mass is 443 g/mol. The predicted molar refractivity (Wildman–Crippen MR) is 122 cm³/mol. The molecule has 3 aromatic carbocycles. The molecular formula is C26H21NO6. The number of carbonyl (C=O) groups excluding carboxylic acids is 1. The number of pyridine rings is 1. The lowest BCUT2D eigenvalue weighted by atomic mass is 10.0. The van der Waals surface area contributed by atoms with Crippen molar-refractivity contribution >= 4 is 22.8 Å². The van der Waals surface area contributed by atoms with Crippen molar-refractivity contribution in [2.45, 2.75) is 13.0 Å². The average molecular weight is 443 g/mol. The van der Waals surface area contributed by atoms with Crippen molar-refractivity contribution in [2.24, 2.45) is 0 Å². The zero-order valence-corrected chi connectivity index (χ0v) is 17.8. The molecule has 33 heavy (non-hydrogen) atoms. The minimum atomic E-state index is -0.998. The highest BCUT2D eigenvalue weighted by atomic mass is 16.5. The van der Waals surface area contributed by atoms with Gasteiger partial charge in [0.15, 0.2) is 0 Å². The molecule has 0 unspecified atom stereocenters. The number of carbonyl (C=O) groups is 2. The molecule has 0 spiro atoms. The molecule has 0 aliphatic heterocycles. The number of aromatic carboxylic acids is 1. The van der Waals surface area contributed by atoms with Gasteiger partial charge in [0.2, 0.25) is 0 Å². The fourth-order valence-corrected chi connectivity index (χ4v) is 3.46. The highest BCUT2D eigenvalue weighted by Gasteiger charge is 2.14. The Morgan fingerprint density at radius 1 is 0.939 bits per heavy atom. The second-order valence-electron chi connectivity index (χ2n) is 7.47. The number of hydrogen-bond donors (Lipinski definition) is 2. The molecule has 0 radical (unpaired) electrons. The van der Waals surface area contributed by atoms with Crippen molar-refractivity contribution in [1.29, 1.82) is 0 Å². The number of rotatable bonds is 7. The molecular weight excluding hydrogens is 422 g/mol. The van der Waals surface area contributed by atoms with Gasteiger partial charge < -0.3 is 19.7 Å². The quantitative estimate of drug-likeness (QED) is 0.402. The van der Waals surface area contributed by atoms with Gasteiger partial charge >= 0.3 is 11.9 Å². The molecule has 1 heterocycles. The zero-order chi connectivity index (χ0) is 23.4. The van der Waals surface area contributed by atoms with Crippen LogP contribution in [0, 0.1) is 0 Å². The van der Waals surface area contributed by atoms with Gasteiger partial charge in [-0.15, -0.1) is 0 Å². The average Bonchev–Trinajstić information content (AvgIpc) is 2.84. The Balaban J connectivity index is 1.54. The van der Waals surface area contributed by atoms with Crippen LogP contribution in [0.1, 0.15) is 37.4 Å². The normalized spacial score (nSPS) is 10.7. The van der Waals surface area contributed by atoms with Crippen LogP contribution < -0.4 is 4.74 Å². The van der Waals surface area contributed by atoms with E-state index < -0.39 is 11.9 Å². The first-order chi connectivity index (χ1) is 15.9. The molecule has 4 aromatic rings. The van der Waals surface area contributed by atoms with Crippen LogP contribution in [0.25, 0.3) is 10.9 Å². The standard InChI is InChI=1S/C26H21NO6/c1-32-21-4-2-3-17(12-21)15-33-26(31)19-9-10-23-22(13-19)24(28)20(14-27-23)11-16-5-7-18(8-6-16)25(29)30/h2-10,12-14H,11,15H2,1H3,(H,27,28)(H,29,30). The number of ether oxygens (including phenoxy) is 2. The Labute approximate surface area is 189 Å². The maximum absolute atomic E-state index is 12.6. The molecule has 0 atom stereocenters. The minimum Gasteiger partial charge on any atom is -0.507 e. The summed E-state index contributed by atoms with van der Waals surface area (Å²) in [5.41, 5.74) is 3.21. The molecule has 7 nitrogen and oxygen atoms in total. The Morgan fingerprint density at radius 2 is 1.70 bits per heavy atom. The molecule has 0 aliphatic carbocycles. The highest BCUT2D eigenvalue weighted by Crippen LogP contribution is 2.30. The number of aromatic hydroxyl groups is 1. The van der Waals surface area contributed by atoms with E-state index in [1.54, 1.807) is 49.7 Å². The van der Waals surface area contributed by atoms with E-state index in [0.29, 0.717) is 34.2 Å². The van der Waals surface area contributed by atoms with Crippen molar-refractivity contribution in [3.05, 3.63) is 101 Å². The Kier molecular flexibility index (Phi) is 6.22. The van der Waals surface area contributed by atoms with E-state index in [1.807, 2.05) is 18.2 Å². The van der Waals surface area contributed by atoms with Crippen LogP contribution in [0.3, 0.4) is 0 Å². The van der Waals surface area contributed by atoms with E-state index in [0.717, 1.165) is 11.1 Å². The summed E-state index contributed by atoms with van der Waals surface area (Å²) in [7, 11) is 1.57. The second-order valence-corrected chi connectivity index (χ2v) is 7.47. The van der Waals surface area contributed by atoms with Gasteiger partial charge in [0.25, 0.3) is 0 Å². The number of methoxy groups -OCH3 is 1. The van der Waals surface area contributed by atoms with E-state index >= 15 is 0 Å². The van der Waals surface area contributed by atoms with Gasteiger partial charge in [0.05, 0.1) is 23.8 Å². The maximum Gasteiger partial charge on any atom is 0.338 e. The summed E-state index contributed by atoms with van der Waals surface area (Å²) in [5, 5.41) is 20.3. The first-order valence-corrected chi connectivity index (χ1v) is 10.2. The third kappa shape index (κ3) is 4.93. The topological polar surface area (TPSA) is 106 Å². The number of benzene rings is 3. The van der Waals surface area contributed by atoms with E-state index in [9.17, 15) is 14.7 Å². The summed E-state index contributed by atoms with van der Waals surface area (Å²) in [5.74, 6) is -0.823. The predicted octanol–water partition coefficient (Wildman–Crippen LogP) is 4.60. The molecule has 0 bridgehead atoms. The number of nitrogens with zero attached hydrogens (tertiary/aromatic N) is 1. The summed E-state index contributed by atoms with van der Waals surface area (Å²) in [6.07, 6.45) is 1.93. The zero-order valence-electron chi connectivity index (χ0n) is 17.8. The summed E-state index contributed by atoms with van der Waals surface area (Å²) >= 11 is 0. The number of carboxylic acid groups (broad SMARTS) is 1. The van der Waals surface area contributed by atoms with E-state index in [-0.39, 0.29) is 17.9 Å². The molecule has 4 rings (SSSR count). The Hall–Kier alpha value is -4.39. The highest BCUT2D eigenvalue weighted by molar-refractivity contribution is 5.96. The molecule has 7 heteroatoms. The number of hydrogen-bond acceptors (Lipinski definition) is 6. The van der Waals surface area contributed by atoms with E-state index in [2.05, 4.69) is 4.98 Å². The molecule has 0 fully saturated rings. The molecule has 166 valence electrons. The molecule has 2 N–H and O–H groups in total. The summed E-state index contributed by atoms with van der Waals surface area (Å²) in [4.78, 5) is 28.0. The number of aromatic nitrogens is 1. The van der Waals surface area contributed by atoms with Gasteiger partial charge in [-0.05, 0) is 53.6 Å². The first kappa shape index (κ1) is 21.8. The SMILES string of the molecule is COc1cccc(COC(=O)c2ccc3ncc(Cc4ccc(C(=O)O)cc4)c(O)c3c2)c1. The molecule has 0 saturated carbocycles. The lowest BCUT2D eigenvalue weighted by Crippen LogP contribution is -2.05. The molecule has 0 saturated heterocycles. The molecule has 0 amide bonds. The van der Waals surface area contributed by atoms with Gasteiger partial charge in [-0.1, -0.05) is 24.3 Å². The third-order valence-electron chi connectivity index (χ3n) is 5.25. The maximum atomic E-state index is 12.6. The summed E-state index contributed by atoms with van der Waals surface area (Å²) < 4.78 is 10.6. The van der Waals surface area contributed by atoms with Gasteiger partial charge in [-0.2, -0.15) is 0 Å². The van der Waals surface area contributed by atoms with Crippen LogP contribution >= 0.6 is 0 Å². The van der Waals surface area contributed by atoms with Crippen LogP contribution in [-0.4, -0.2) is 34.2 Å². The largest absolute Gasteiger partial charge is 0.507 e. The van der Waals surface area contributed by atoms with Crippen molar-refractivity contribution in [3.63, 3.8) is 0 Å². The minimum absolute atomic E-state index is 0.0183. The second kappa shape index (κ2) is 9.40. The van der Waals surface area contributed by atoms with Gasteiger partial charge in [0.1, 0.15) is 18.1 Å². The Morgan fingerprint density at radius 3 is 2.42 bits per heavy atom. The van der Waals surface area contributed by atoms with Gasteiger partial charge in [-0.3, -0.25) is 4.98 Å². The van der Waals surface area contributed by atoms with Gasteiger partial charge in [-0.25, -0.2) is 9.59 Å². The van der Waals surface area contributed by atoms with Crippen LogP contribution in [0.2, 0.25) is 0 Å². The smallest absolute Gasteiger partial charge is 0.338 e. The van der Waals surface area contributed by atoms with Crippen LogP contribution in [0.4, 0.5) is 0 Å². The van der Waals surface area contributed by atoms with Crippen LogP contribution in [0.5, 0.6) is 11.5 Å². The summed E-state index contributed by atoms with van der Waals surface area (Å²) in [6.45, 7) is 0.0880. The van der Waals surface area contributed by atoms with Crippen LogP contribution in [0.15, 0.2) is 72.9 Å². The fraction of sp³-hybridized carbons (Fsp3) is 0.115. The Bertz CT molecular complexity index is 1330. The van der Waals surface area contributed by atoms with Crippen molar-refractivity contribution in [3.8, 4) is 11.5 Å². The first-order valence-electron chi connectivity index (χ1n) is 10.2. The van der Waals surface area contributed by atoms with Crippen molar-refractivity contribution < 1.29 is 29.3 Å². The van der Waals surface area contributed by atoms with Crippen molar-refractivity contribution in [2.75, 3.05) is 7.11 Å². The number of carboxylic acids is 1. The van der Waals surface area contributed by atoms with Crippen molar-refractivity contribution in [1.82, 2.24) is 4.98 Å². The third-order valence-corrected chi connectivity index (χ3v) is 5.25. The van der Waals surface area contributed by atoms with E-state index in [4.69, 9.17) is 14.6 Å². The number of esters is 1.